The van der Waals surface area contributed by atoms with Gasteiger partial charge >= 0.3 is 5.97 Å². The smallest absolute Gasteiger partial charge is 0.328 e. The first-order chi connectivity index (χ1) is 10.0. The van der Waals surface area contributed by atoms with E-state index in [-0.39, 0.29) is 11.9 Å². The normalized spacial score (nSPS) is 20.1. The summed E-state index contributed by atoms with van der Waals surface area (Å²) >= 11 is 0. The van der Waals surface area contributed by atoms with Crippen molar-refractivity contribution in [3.63, 3.8) is 0 Å². The molecule has 0 aromatic heterocycles. The molecule has 2 unspecified atom stereocenters. The molecule has 2 rings (SSSR count). The van der Waals surface area contributed by atoms with Crippen LogP contribution in [0.25, 0.3) is 0 Å². The van der Waals surface area contributed by atoms with Crippen molar-refractivity contribution in [2.75, 3.05) is 19.5 Å². The third-order valence-electron chi connectivity index (χ3n) is 3.30. The van der Waals surface area contributed by atoms with E-state index in [4.69, 9.17) is 4.74 Å². The van der Waals surface area contributed by atoms with E-state index in [2.05, 4.69) is 9.46 Å². The lowest BCUT2D eigenvalue weighted by Gasteiger charge is -2.18. The van der Waals surface area contributed by atoms with Crippen molar-refractivity contribution in [2.45, 2.75) is 25.0 Å². The van der Waals surface area contributed by atoms with Crippen molar-refractivity contribution in [1.29, 1.82) is 0 Å². The van der Waals surface area contributed by atoms with Crippen LogP contribution in [0, 0.1) is 0 Å². The molecular formula is C14H19NO5S. The SMILES string of the molecule is COC(=O)C(NS(=O)(=O)CC1CCCO1)c1ccccc1. The van der Waals surface area contributed by atoms with Crippen LogP contribution in [0.4, 0.5) is 0 Å². The minimum atomic E-state index is -3.64. The number of hydrogen-bond acceptors (Lipinski definition) is 5. The van der Waals surface area contributed by atoms with Gasteiger partial charge in [0, 0.05) is 6.61 Å². The monoisotopic (exact) mass is 313 g/mol. The molecule has 0 saturated carbocycles. The van der Waals surface area contributed by atoms with Crippen molar-refractivity contribution in [1.82, 2.24) is 4.72 Å². The Morgan fingerprint density at radius 2 is 2.14 bits per heavy atom. The average Bonchev–Trinajstić information content (AvgIpc) is 2.97. The molecule has 0 aliphatic carbocycles. The minimum absolute atomic E-state index is 0.146. The highest BCUT2D eigenvalue weighted by Gasteiger charge is 2.30. The molecule has 1 aromatic rings. The van der Waals surface area contributed by atoms with Gasteiger partial charge in [-0.05, 0) is 18.4 Å². The summed E-state index contributed by atoms with van der Waals surface area (Å²) in [4.78, 5) is 11.8. The summed E-state index contributed by atoms with van der Waals surface area (Å²) in [5.74, 6) is -0.787. The van der Waals surface area contributed by atoms with Crippen LogP contribution in [0.1, 0.15) is 24.4 Å². The van der Waals surface area contributed by atoms with Gasteiger partial charge in [0.2, 0.25) is 10.0 Å². The van der Waals surface area contributed by atoms with Gasteiger partial charge < -0.3 is 9.47 Å². The number of ether oxygens (including phenoxy) is 2. The maximum atomic E-state index is 12.2. The van der Waals surface area contributed by atoms with Crippen LogP contribution in [0.5, 0.6) is 0 Å². The molecule has 1 heterocycles. The fourth-order valence-electron chi connectivity index (χ4n) is 2.26. The van der Waals surface area contributed by atoms with Gasteiger partial charge in [0.15, 0.2) is 0 Å². The van der Waals surface area contributed by atoms with E-state index < -0.39 is 22.0 Å². The van der Waals surface area contributed by atoms with E-state index in [1.807, 2.05) is 0 Å². The van der Waals surface area contributed by atoms with E-state index in [0.717, 1.165) is 12.8 Å². The zero-order valence-corrected chi connectivity index (χ0v) is 12.6. The first kappa shape index (κ1) is 15.9. The Hall–Kier alpha value is -1.44. The first-order valence-corrected chi connectivity index (χ1v) is 8.41. The molecule has 0 spiro atoms. The van der Waals surface area contributed by atoms with Crippen molar-refractivity contribution in [3.05, 3.63) is 35.9 Å². The molecule has 1 N–H and O–H groups in total. The standard InChI is InChI=1S/C14H19NO5S/c1-19-14(16)13(11-6-3-2-4-7-11)15-21(17,18)10-12-8-5-9-20-12/h2-4,6-7,12-13,15H,5,8-10H2,1H3. The third-order valence-corrected chi connectivity index (χ3v) is 4.70. The van der Waals surface area contributed by atoms with Gasteiger partial charge in [0.05, 0.1) is 19.0 Å². The van der Waals surface area contributed by atoms with Gasteiger partial charge in [-0.25, -0.2) is 13.2 Å². The van der Waals surface area contributed by atoms with Crippen molar-refractivity contribution in [3.8, 4) is 0 Å². The molecule has 116 valence electrons. The first-order valence-electron chi connectivity index (χ1n) is 6.76. The van der Waals surface area contributed by atoms with Crippen LogP contribution in [0.2, 0.25) is 0 Å². The second kappa shape index (κ2) is 7.02. The Morgan fingerprint density at radius 3 is 2.71 bits per heavy atom. The van der Waals surface area contributed by atoms with Gasteiger partial charge in [-0.1, -0.05) is 30.3 Å². The Kier molecular flexibility index (Phi) is 5.33. The molecule has 0 radical (unpaired) electrons. The summed E-state index contributed by atoms with van der Waals surface area (Å²) in [6.45, 7) is 0.583. The zero-order chi connectivity index (χ0) is 15.3. The molecule has 1 fully saturated rings. The van der Waals surface area contributed by atoms with Crippen LogP contribution < -0.4 is 4.72 Å². The Labute approximate surface area is 124 Å². The summed E-state index contributed by atoms with van der Waals surface area (Å²) < 4.78 is 36.8. The van der Waals surface area contributed by atoms with Gasteiger partial charge in [-0.3, -0.25) is 0 Å². The molecule has 0 amide bonds. The molecule has 2 atom stereocenters. The maximum Gasteiger partial charge on any atom is 0.328 e. The van der Waals surface area contributed by atoms with Crippen LogP contribution >= 0.6 is 0 Å². The van der Waals surface area contributed by atoms with Crippen LogP contribution in [-0.4, -0.2) is 40.0 Å². The molecule has 21 heavy (non-hydrogen) atoms. The summed E-state index contributed by atoms with van der Waals surface area (Å²) in [6, 6.07) is 7.58. The Morgan fingerprint density at radius 1 is 1.43 bits per heavy atom. The summed E-state index contributed by atoms with van der Waals surface area (Å²) in [7, 11) is -2.41. The van der Waals surface area contributed by atoms with Crippen molar-refractivity contribution >= 4 is 16.0 Å². The predicted octanol–water partition coefficient (Wildman–Crippen LogP) is 0.999. The number of carbonyl (C=O) groups excluding carboxylic acids is 1. The molecule has 1 aliphatic heterocycles. The number of sulfonamides is 1. The fraction of sp³-hybridized carbons (Fsp3) is 0.500. The maximum absolute atomic E-state index is 12.2. The van der Waals surface area contributed by atoms with E-state index in [1.165, 1.54) is 7.11 Å². The molecule has 1 aromatic carbocycles. The van der Waals surface area contributed by atoms with Crippen LogP contribution in [0.15, 0.2) is 30.3 Å². The molecule has 1 aliphatic rings. The summed E-state index contributed by atoms with van der Waals surface area (Å²) in [5.41, 5.74) is 0.542. The molecule has 1 saturated heterocycles. The highest BCUT2D eigenvalue weighted by Crippen LogP contribution is 2.18. The second-order valence-corrected chi connectivity index (χ2v) is 6.70. The van der Waals surface area contributed by atoms with Crippen molar-refractivity contribution < 1.29 is 22.7 Å². The van der Waals surface area contributed by atoms with E-state index in [0.29, 0.717) is 12.2 Å². The lowest BCUT2D eigenvalue weighted by Crippen LogP contribution is -2.38. The van der Waals surface area contributed by atoms with Gasteiger partial charge in [-0.15, -0.1) is 0 Å². The topological polar surface area (TPSA) is 81.7 Å². The van der Waals surface area contributed by atoms with Crippen LogP contribution in [-0.2, 0) is 24.3 Å². The Bertz CT molecular complexity index is 566. The second-order valence-electron chi connectivity index (χ2n) is 4.90. The summed E-state index contributed by atoms with van der Waals surface area (Å²) in [5, 5.41) is 0. The molecular weight excluding hydrogens is 294 g/mol. The number of carbonyl (C=O) groups is 1. The fourth-order valence-corrected chi connectivity index (χ4v) is 3.70. The lowest BCUT2D eigenvalue weighted by atomic mass is 10.1. The van der Waals surface area contributed by atoms with E-state index >= 15 is 0 Å². The van der Waals surface area contributed by atoms with Crippen molar-refractivity contribution in [2.24, 2.45) is 0 Å². The number of nitrogens with one attached hydrogen (secondary N) is 1. The minimum Gasteiger partial charge on any atom is -0.468 e. The molecule has 7 heteroatoms. The quantitative estimate of drug-likeness (QED) is 0.792. The third kappa shape index (κ3) is 4.52. The Balaban J connectivity index is 2.12. The van der Waals surface area contributed by atoms with Gasteiger partial charge in [0.1, 0.15) is 6.04 Å². The number of hydrogen-bond donors (Lipinski definition) is 1. The van der Waals surface area contributed by atoms with Crippen LogP contribution in [0.3, 0.4) is 0 Å². The summed E-state index contributed by atoms with van der Waals surface area (Å²) in [6.07, 6.45) is 1.27. The zero-order valence-electron chi connectivity index (χ0n) is 11.8. The highest BCUT2D eigenvalue weighted by atomic mass is 32.2. The number of rotatable bonds is 6. The molecule has 6 nitrogen and oxygen atoms in total. The largest absolute Gasteiger partial charge is 0.468 e. The van der Waals surface area contributed by atoms with E-state index in [1.54, 1.807) is 30.3 Å². The molecule has 0 bridgehead atoms. The number of benzene rings is 1. The number of esters is 1. The lowest BCUT2D eigenvalue weighted by molar-refractivity contribution is -0.142. The highest BCUT2D eigenvalue weighted by molar-refractivity contribution is 7.89. The number of methoxy groups -OCH3 is 1. The average molecular weight is 313 g/mol. The predicted molar refractivity (Wildman–Crippen MR) is 77.1 cm³/mol. The van der Waals surface area contributed by atoms with Gasteiger partial charge in [-0.2, -0.15) is 4.72 Å². The van der Waals surface area contributed by atoms with Gasteiger partial charge in [0.25, 0.3) is 0 Å². The van der Waals surface area contributed by atoms with E-state index in [9.17, 15) is 13.2 Å².